The standard InChI is InChI=1S/C43H27N5/c1-3-13-28(14-4-1)31-18-11-19-32(27-31)42-44-41(30-15-5-2-6-16-30)45-43(46-42)48-37-23-10-9-22-36(37)47-35-21-8-7-20-33(35)34-26-25-29-17-12-24-38(48)39(29)40(34)47/h1-27H. The van der Waals surface area contributed by atoms with Crippen LogP contribution in [0.4, 0.5) is 0 Å². The zero-order chi connectivity index (χ0) is 31.6. The fraction of sp³-hybridized carbons (Fsp3) is 0. The van der Waals surface area contributed by atoms with E-state index in [0.29, 0.717) is 17.6 Å². The van der Waals surface area contributed by atoms with Gasteiger partial charge in [0.15, 0.2) is 11.6 Å². The summed E-state index contributed by atoms with van der Waals surface area (Å²) in [5.74, 6) is 1.81. The molecule has 5 heteroatoms. The van der Waals surface area contributed by atoms with Crippen LogP contribution in [-0.4, -0.2) is 23.9 Å². The van der Waals surface area contributed by atoms with Gasteiger partial charge >= 0.3 is 0 Å². The SMILES string of the molecule is c1ccc(-c2cccc(-c3nc(-c4ccccc4)nc(-n4c5cccc6ccc7c8ccccc8n(c8ccccc84)c7c65)n3)c2)cc1. The van der Waals surface area contributed by atoms with Crippen LogP contribution in [0.1, 0.15) is 0 Å². The number of para-hydroxylation sites is 3. The molecule has 0 saturated carbocycles. The van der Waals surface area contributed by atoms with E-state index >= 15 is 0 Å². The van der Waals surface area contributed by atoms with Crippen molar-refractivity contribution in [1.82, 2.24) is 23.9 Å². The highest BCUT2D eigenvalue weighted by Crippen LogP contribution is 2.39. The fourth-order valence-corrected chi connectivity index (χ4v) is 7.21. The van der Waals surface area contributed by atoms with E-state index in [4.69, 9.17) is 15.0 Å². The van der Waals surface area contributed by atoms with E-state index in [1.54, 1.807) is 0 Å². The van der Waals surface area contributed by atoms with Crippen molar-refractivity contribution in [3.05, 3.63) is 164 Å². The van der Waals surface area contributed by atoms with Crippen LogP contribution in [0.3, 0.4) is 0 Å². The van der Waals surface area contributed by atoms with Crippen molar-refractivity contribution in [2.24, 2.45) is 0 Å². The third kappa shape index (κ3) is 4.01. The maximum Gasteiger partial charge on any atom is 0.238 e. The second-order valence-corrected chi connectivity index (χ2v) is 12.1. The molecule has 10 rings (SSSR count). The van der Waals surface area contributed by atoms with E-state index < -0.39 is 0 Å². The minimum atomic E-state index is 0.566. The molecule has 0 radical (unpaired) electrons. The molecule has 0 spiro atoms. The minimum Gasteiger partial charge on any atom is -0.306 e. The third-order valence-corrected chi connectivity index (χ3v) is 9.34. The van der Waals surface area contributed by atoms with Crippen LogP contribution in [0.2, 0.25) is 0 Å². The number of hydrogen-bond donors (Lipinski definition) is 0. The quantitative estimate of drug-likeness (QED) is 0.198. The Hall–Kier alpha value is -6.59. The first-order chi connectivity index (χ1) is 23.8. The number of hydrogen-bond acceptors (Lipinski definition) is 3. The molecule has 0 amide bonds. The Bertz CT molecular complexity index is 2820. The van der Waals surface area contributed by atoms with E-state index in [1.807, 2.05) is 24.3 Å². The molecule has 0 aliphatic heterocycles. The summed E-state index contributed by atoms with van der Waals surface area (Å²) in [4.78, 5) is 15.6. The summed E-state index contributed by atoms with van der Waals surface area (Å²) in [6.45, 7) is 0. The van der Waals surface area contributed by atoms with Crippen molar-refractivity contribution in [3.8, 4) is 39.9 Å². The average Bonchev–Trinajstić information content (AvgIpc) is 3.43. The highest BCUT2D eigenvalue weighted by molar-refractivity contribution is 6.23. The van der Waals surface area contributed by atoms with Gasteiger partial charge in [-0.2, -0.15) is 9.97 Å². The zero-order valence-electron chi connectivity index (χ0n) is 25.8. The number of nitrogens with zero attached hydrogens (tertiary/aromatic N) is 5. The molecule has 0 fully saturated rings. The lowest BCUT2D eigenvalue weighted by molar-refractivity contribution is 0.950. The number of fused-ring (bicyclic) bond motifs is 5. The first kappa shape index (κ1) is 26.6. The van der Waals surface area contributed by atoms with Crippen molar-refractivity contribution < 1.29 is 0 Å². The van der Waals surface area contributed by atoms with Crippen molar-refractivity contribution in [2.75, 3.05) is 0 Å². The van der Waals surface area contributed by atoms with Gasteiger partial charge in [0, 0.05) is 27.3 Å². The van der Waals surface area contributed by atoms with Crippen LogP contribution < -0.4 is 0 Å². The van der Waals surface area contributed by atoms with Crippen molar-refractivity contribution >= 4 is 49.1 Å². The van der Waals surface area contributed by atoms with Crippen LogP contribution >= 0.6 is 0 Å². The highest BCUT2D eigenvalue weighted by atomic mass is 15.2. The van der Waals surface area contributed by atoms with Gasteiger partial charge in [-0.1, -0.05) is 133 Å². The summed E-state index contributed by atoms with van der Waals surface area (Å²) >= 11 is 0. The molecule has 5 nitrogen and oxygen atoms in total. The summed E-state index contributed by atoms with van der Waals surface area (Å²) in [5.41, 5.74) is 9.57. The van der Waals surface area contributed by atoms with Crippen molar-refractivity contribution in [2.45, 2.75) is 0 Å². The van der Waals surface area contributed by atoms with Crippen LogP contribution in [-0.2, 0) is 0 Å². The van der Waals surface area contributed by atoms with Crippen molar-refractivity contribution in [3.63, 3.8) is 0 Å². The number of aromatic nitrogens is 5. The molecule has 224 valence electrons. The molecule has 3 heterocycles. The fourth-order valence-electron chi connectivity index (χ4n) is 7.21. The van der Waals surface area contributed by atoms with E-state index in [-0.39, 0.29) is 0 Å². The maximum absolute atomic E-state index is 5.28. The summed E-state index contributed by atoms with van der Waals surface area (Å²) in [5, 5.41) is 4.78. The van der Waals surface area contributed by atoms with Gasteiger partial charge in [0.1, 0.15) is 0 Å². The first-order valence-corrected chi connectivity index (χ1v) is 16.1. The number of rotatable bonds is 4. The van der Waals surface area contributed by atoms with E-state index in [2.05, 4.69) is 148 Å². The maximum atomic E-state index is 5.28. The van der Waals surface area contributed by atoms with E-state index in [0.717, 1.165) is 49.6 Å². The molecule has 0 aliphatic carbocycles. The third-order valence-electron chi connectivity index (χ3n) is 9.34. The Morgan fingerprint density at radius 1 is 0.375 bits per heavy atom. The lowest BCUT2D eigenvalue weighted by atomic mass is 10.0. The Kier molecular flexibility index (Phi) is 5.81. The molecule has 7 aromatic carbocycles. The van der Waals surface area contributed by atoms with E-state index in [1.165, 1.54) is 21.8 Å². The second-order valence-electron chi connectivity index (χ2n) is 12.1. The van der Waals surface area contributed by atoms with Gasteiger partial charge < -0.3 is 4.40 Å². The lowest BCUT2D eigenvalue weighted by Gasteiger charge is -2.14. The van der Waals surface area contributed by atoms with Gasteiger partial charge in [-0.15, -0.1) is 0 Å². The van der Waals surface area contributed by atoms with Gasteiger partial charge in [0.25, 0.3) is 0 Å². The molecule has 0 atom stereocenters. The molecule has 0 saturated heterocycles. The molecule has 0 N–H and O–H groups in total. The molecular formula is C43H27N5. The van der Waals surface area contributed by atoms with E-state index in [9.17, 15) is 0 Å². The Labute approximate surface area is 276 Å². The summed E-state index contributed by atoms with van der Waals surface area (Å²) in [6, 6.07) is 57.3. The molecular weight excluding hydrogens is 587 g/mol. The van der Waals surface area contributed by atoms with Gasteiger partial charge in [-0.05, 0) is 46.8 Å². The normalized spacial score (nSPS) is 11.8. The van der Waals surface area contributed by atoms with Crippen LogP contribution in [0.25, 0.3) is 89.0 Å². The smallest absolute Gasteiger partial charge is 0.238 e. The Balaban J connectivity index is 1.35. The molecule has 0 aliphatic rings. The summed E-state index contributed by atoms with van der Waals surface area (Å²) in [7, 11) is 0. The second kappa shape index (κ2) is 10.5. The first-order valence-electron chi connectivity index (χ1n) is 16.1. The highest BCUT2D eigenvalue weighted by Gasteiger charge is 2.21. The molecule has 0 unspecified atom stereocenters. The predicted molar refractivity (Wildman–Crippen MR) is 196 cm³/mol. The van der Waals surface area contributed by atoms with Crippen LogP contribution in [0.5, 0.6) is 0 Å². The Morgan fingerprint density at radius 3 is 1.79 bits per heavy atom. The van der Waals surface area contributed by atoms with Gasteiger partial charge in [0.05, 0.1) is 27.6 Å². The summed E-state index contributed by atoms with van der Waals surface area (Å²) < 4.78 is 4.63. The average molecular weight is 614 g/mol. The molecule has 0 bridgehead atoms. The largest absolute Gasteiger partial charge is 0.306 e. The topological polar surface area (TPSA) is 48.0 Å². The summed E-state index contributed by atoms with van der Waals surface area (Å²) in [6.07, 6.45) is 0. The molecule has 48 heavy (non-hydrogen) atoms. The van der Waals surface area contributed by atoms with Gasteiger partial charge in [-0.25, -0.2) is 4.98 Å². The minimum absolute atomic E-state index is 0.566. The molecule has 3 aromatic heterocycles. The van der Waals surface area contributed by atoms with Crippen LogP contribution in [0, 0.1) is 0 Å². The predicted octanol–water partition coefficient (Wildman–Crippen LogP) is 10.5. The lowest BCUT2D eigenvalue weighted by Crippen LogP contribution is -2.08. The van der Waals surface area contributed by atoms with Gasteiger partial charge in [-0.3, -0.25) is 4.57 Å². The zero-order valence-corrected chi connectivity index (χ0v) is 25.8. The number of benzene rings is 7. The van der Waals surface area contributed by atoms with Crippen molar-refractivity contribution in [1.29, 1.82) is 0 Å². The van der Waals surface area contributed by atoms with Crippen LogP contribution in [0.15, 0.2) is 164 Å². The van der Waals surface area contributed by atoms with Gasteiger partial charge in [0.2, 0.25) is 5.95 Å². The Morgan fingerprint density at radius 2 is 0.979 bits per heavy atom. The molecule has 10 aromatic rings. The monoisotopic (exact) mass is 613 g/mol.